The molecule has 1 aromatic rings. The van der Waals surface area contributed by atoms with E-state index >= 15 is 0 Å². The molecule has 4 aliphatic rings. The van der Waals surface area contributed by atoms with Gasteiger partial charge < -0.3 is 30.2 Å². The number of hydrogen-bond donors (Lipinski definition) is 3. The predicted molar refractivity (Wildman–Crippen MR) is 180 cm³/mol. The molecule has 0 bridgehead atoms. The summed E-state index contributed by atoms with van der Waals surface area (Å²) < 4.78 is 5.27. The first-order chi connectivity index (χ1) is 22.3. The highest BCUT2D eigenvalue weighted by atomic mass is 16.6. The van der Waals surface area contributed by atoms with Gasteiger partial charge in [-0.2, -0.15) is 0 Å². The molecule has 254 valence electrons. The monoisotopic (exact) mass is 646 g/mol. The molecule has 11 heteroatoms. The van der Waals surface area contributed by atoms with E-state index in [-0.39, 0.29) is 29.7 Å². The van der Waals surface area contributed by atoms with Crippen LogP contribution in [-0.4, -0.2) is 74.4 Å². The Morgan fingerprint density at radius 2 is 1.51 bits per heavy atom. The molecule has 0 aromatic carbocycles. The summed E-state index contributed by atoms with van der Waals surface area (Å²) in [7, 11) is 0. The summed E-state index contributed by atoms with van der Waals surface area (Å²) in [4.78, 5) is 62.9. The number of rotatable bonds is 8. The normalized spacial score (nSPS) is 22.3. The van der Waals surface area contributed by atoms with Crippen molar-refractivity contribution in [3.63, 3.8) is 0 Å². The summed E-state index contributed by atoms with van der Waals surface area (Å²) in [5.74, 6) is 0.542. The number of allylic oxidation sites excluding steroid dienone is 8. The SMILES string of the molecule is CC(C)C(=O)N1CCCC1c1ncc(C2=CC=C(C3=CC=C(NC(=O)C4CCCN4C(=O)C(C)NC(=O)OC(C)(C)C)CC3)CC2)[nH]1. The van der Waals surface area contributed by atoms with E-state index in [0.717, 1.165) is 62.3 Å². The molecule has 11 nitrogen and oxygen atoms in total. The van der Waals surface area contributed by atoms with Crippen LogP contribution >= 0.6 is 0 Å². The molecule has 2 aliphatic heterocycles. The number of nitrogens with zero attached hydrogens (tertiary/aromatic N) is 3. The lowest BCUT2D eigenvalue weighted by Crippen LogP contribution is -2.52. The minimum absolute atomic E-state index is 0.0183. The van der Waals surface area contributed by atoms with Gasteiger partial charge >= 0.3 is 6.09 Å². The van der Waals surface area contributed by atoms with Crippen LogP contribution in [0.5, 0.6) is 0 Å². The Hall–Kier alpha value is -4.15. The number of hydrogen-bond acceptors (Lipinski definition) is 6. The summed E-state index contributed by atoms with van der Waals surface area (Å²) in [6.07, 6.45) is 16.2. The molecule has 2 aliphatic carbocycles. The lowest BCUT2D eigenvalue weighted by molar-refractivity contribution is -0.139. The van der Waals surface area contributed by atoms with Crippen LogP contribution in [0.15, 0.2) is 47.3 Å². The molecule has 2 saturated heterocycles. The van der Waals surface area contributed by atoms with Gasteiger partial charge in [-0.3, -0.25) is 14.4 Å². The van der Waals surface area contributed by atoms with E-state index in [4.69, 9.17) is 4.74 Å². The van der Waals surface area contributed by atoms with Crippen molar-refractivity contribution in [2.75, 3.05) is 13.1 Å². The van der Waals surface area contributed by atoms with Crippen LogP contribution in [0.1, 0.15) is 110 Å². The summed E-state index contributed by atoms with van der Waals surface area (Å²) >= 11 is 0. The number of H-pyrrole nitrogens is 1. The minimum Gasteiger partial charge on any atom is -0.444 e. The van der Waals surface area contributed by atoms with Gasteiger partial charge in [-0.25, -0.2) is 9.78 Å². The van der Waals surface area contributed by atoms with Gasteiger partial charge in [0.1, 0.15) is 23.5 Å². The number of alkyl carbamates (subject to hydrolysis) is 1. The number of carbonyl (C=O) groups excluding carboxylic acids is 4. The maximum atomic E-state index is 13.3. The van der Waals surface area contributed by atoms with Gasteiger partial charge in [0, 0.05) is 24.7 Å². The average molecular weight is 647 g/mol. The van der Waals surface area contributed by atoms with Crippen LogP contribution in [0.4, 0.5) is 4.79 Å². The summed E-state index contributed by atoms with van der Waals surface area (Å²) in [5, 5.41) is 5.65. The van der Waals surface area contributed by atoms with E-state index in [2.05, 4.69) is 38.8 Å². The van der Waals surface area contributed by atoms with Gasteiger partial charge in [-0.15, -0.1) is 0 Å². The number of aromatic amines is 1. The van der Waals surface area contributed by atoms with Gasteiger partial charge in [0.25, 0.3) is 0 Å². The van der Waals surface area contributed by atoms with E-state index in [1.54, 1.807) is 32.6 Å². The highest BCUT2D eigenvalue weighted by molar-refractivity contribution is 5.92. The van der Waals surface area contributed by atoms with Crippen LogP contribution in [0, 0.1) is 5.92 Å². The number of ether oxygens (including phenoxy) is 1. The van der Waals surface area contributed by atoms with Crippen molar-refractivity contribution in [3.05, 3.63) is 58.9 Å². The zero-order valence-corrected chi connectivity index (χ0v) is 28.7. The van der Waals surface area contributed by atoms with Crippen molar-refractivity contribution < 1.29 is 23.9 Å². The Bertz CT molecular complexity index is 1510. The number of amides is 4. The van der Waals surface area contributed by atoms with Crippen LogP contribution in [-0.2, 0) is 19.1 Å². The molecule has 3 unspecified atom stereocenters. The Kier molecular flexibility index (Phi) is 10.4. The Morgan fingerprint density at radius 3 is 2.15 bits per heavy atom. The standard InChI is InChI=1S/C36H50N6O5/c1-22(2)33(44)41-19-7-9-29(41)31-37-21-28(40-31)26-13-11-24(12-14-26)25-15-17-27(18-16-25)39-32(43)30-10-8-20-42(30)34(45)23(3)38-35(46)47-36(4,5)6/h11,13,15,17,21-23,29-30H,7-10,12,14,16,18-20H2,1-6H3,(H,37,40)(H,38,46)(H,39,43). The lowest BCUT2D eigenvalue weighted by Gasteiger charge is -2.28. The molecule has 47 heavy (non-hydrogen) atoms. The van der Waals surface area contributed by atoms with Gasteiger partial charge in [0.15, 0.2) is 0 Å². The zero-order valence-electron chi connectivity index (χ0n) is 28.7. The third-order valence-electron chi connectivity index (χ3n) is 9.22. The Labute approximate surface area is 278 Å². The molecule has 4 amide bonds. The highest BCUT2D eigenvalue weighted by Gasteiger charge is 2.37. The van der Waals surface area contributed by atoms with Crippen molar-refractivity contribution in [2.24, 2.45) is 5.92 Å². The minimum atomic E-state index is -0.802. The maximum Gasteiger partial charge on any atom is 0.408 e. The molecular weight excluding hydrogens is 596 g/mol. The van der Waals surface area contributed by atoms with Gasteiger partial charge in [0.05, 0.1) is 17.9 Å². The third-order valence-corrected chi connectivity index (χ3v) is 9.22. The Morgan fingerprint density at radius 1 is 0.872 bits per heavy atom. The number of aromatic nitrogens is 2. The second-order valence-electron chi connectivity index (χ2n) is 14.3. The maximum absolute atomic E-state index is 13.3. The van der Waals surface area contributed by atoms with E-state index in [9.17, 15) is 19.2 Å². The lowest BCUT2D eigenvalue weighted by atomic mass is 9.88. The second-order valence-corrected chi connectivity index (χ2v) is 14.3. The van der Waals surface area contributed by atoms with Crippen LogP contribution in [0.25, 0.3) is 5.57 Å². The van der Waals surface area contributed by atoms with Crippen LogP contribution in [0.3, 0.4) is 0 Å². The van der Waals surface area contributed by atoms with E-state index in [1.165, 1.54) is 16.7 Å². The quantitative estimate of drug-likeness (QED) is 0.343. The number of carbonyl (C=O) groups is 4. The number of nitrogens with one attached hydrogen (secondary N) is 3. The van der Waals surface area contributed by atoms with Crippen molar-refractivity contribution in [1.29, 1.82) is 0 Å². The first-order valence-electron chi connectivity index (χ1n) is 17.1. The fraction of sp³-hybridized carbons (Fsp3) is 0.583. The summed E-state index contributed by atoms with van der Waals surface area (Å²) in [6.45, 7) is 12.0. The predicted octanol–water partition coefficient (Wildman–Crippen LogP) is 5.46. The molecule has 0 spiro atoms. The molecule has 2 fully saturated rings. The molecule has 5 rings (SSSR count). The second kappa shape index (κ2) is 14.3. The highest BCUT2D eigenvalue weighted by Crippen LogP contribution is 2.35. The summed E-state index contributed by atoms with van der Waals surface area (Å²) in [6, 6.07) is -1.36. The molecule has 0 radical (unpaired) electrons. The van der Waals surface area contributed by atoms with Gasteiger partial charge in [-0.1, -0.05) is 32.1 Å². The van der Waals surface area contributed by atoms with Crippen molar-refractivity contribution in [2.45, 2.75) is 117 Å². The van der Waals surface area contributed by atoms with Crippen molar-refractivity contribution >= 4 is 29.4 Å². The molecule has 3 heterocycles. The molecule has 1 aromatic heterocycles. The topological polar surface area (TPSA) is 137 Å². The largest absolute Gasteiger partial charge is 0.444 e. The van der Waals surface area contributed by atoms with Gasteiger partial charge in [0.2, 0.25) is 17.7 Å². The van der Waals surface area contributed by atoms with E-state index in [0.29, 0.717) is 19.4 Å². The molecule has 3 N–H and O–H groups in total. The summed E-state index contributed by atoms with van der Waals surface area (Å²) in [5.41, 5.74) is 4.94. The zero-order chi connectivity index (χ0) is 33.9. The third kappa shape index (κ3) is 8.23. The molecule has 3 atom stereocenters. The average Bonchev–Trinajstić information content (AvgIpc) is 3.80. The van der Waals surface area contributed by atoms with E-state index < -0.39 is 23.8 Å². The smallest absolute Gasteiger partial charge is 0.408 e. The first-order valence-corrected chi connectivity index (χ1v) is 17.1. The Balaban J connectivity index is 1.16. The van der Waals surface area contributed by atoms with Crippen LogP contribution in [0.2, 0.25) is 0 Å². The number of likely N-dealkylation sites (tertiary alicyclic amines) is 2. The van der Waals surface area contributed by atoms with Crippen molar-refractivity contribution in [1.82, 2.24) is 30.4 Å². The van der Waals surface area contributed by atoms with Crippen LogP contribution < -0.4 is 10.6 Å². The van der Waals surface area contributed by atoms with E-state index in [1.807, 2.05) is 31.0 Å². The number of imidazole rings is 1. The molecular formula is C36H50N6O5. The fourth-order valence-electron chi connectivity index (χ4n) is 6.79. The molecule has 0 saturated carbocycles. The van der Waals surface area contributed by atoms with Crippen molar-refractivity contribution in [3.8, 4) is 0 Å². The fourth-order valence-corrected chi connectivity index (χ4v) is 6.79. The van der Waals surface area contributed by atoms with Gasteiger partial charge in [-0.05, 0) is 102 Å². The first kappa shape index (κ1) is 34.2.